The van der Waals surface area contributed by atoms with Crippen LogP contribution in [0.2, 0.25) is 5.02 Å². The van der Waals surface area contributed by atoms with E-state index in [2.05, 4.69) is 25.6 Å². The van der Waals surface area contributed by atoms with E-state index in [0.29, 0.717) is 44.5 Å². The molecule has 36 heavy (non-hydrogen) atoms. The fourth-order valence-corrected chi connectivity index (χ4v) is 6.48. The summed E-state index contributed by atoms with van der Waals surface area (Å²) in [7, 11) is -3.34. The molecule has 1 aliphatic heterocycles. The van der Waals surface area contributed by atoms with Gasteiger partial charge in [0.2, 0.25) is 21.9 Å². The van der Waals surface area contributed by atoms with E-state index in [0.717, 1.165) is 18.9 Å². The van der Waals surface area contributed by atoms with Crippen molar-refractivity contribution < 1.29 is 30.7 Å². The van der Waals surface area contributed by atoms with Gasteiger partial charge in [-0.1, -0.05) is 24.4 Å². The van der Waals surface area contributed by atoms with Gasteiger partial charge in [-0.25, -0.2) is 17.1 Å². The van der Waals surface area contributed by atoms with Gasteiger partial charge in [-0.3, -0.25) is 0 Å². The average molecular weight is 553 g/mol. The van der Waals surface area contributed by atoms with Crippen molar-refractivity contribution in [1.29, 1.82) is 0 Å². The van der Waals surface area contributed by atoms with Crippen LogP contribution in [0.15, 0.2) is 18.2 Å². The first-order valence-corrected chi connectivity index (χ1v) is 13.3. The second-order valence-electron chi connectivity index (χ2n) is 8.69. The Kier molecular flexibility index (Phi) is 8.05. The van der Waals surface area contributed by atoms with Gasteiger partial charge in [0.1, 0.15) is 5.82 Å². The van der Waals surface area contributed by atoms with Crippen molar-refractivity contribution in [2.75, 3.05) is 30.3 Å². The molecule has 2 heterocycles. The van der Waals surface area contributed by atoms with Crippen molar-refractivity contribution >= 4 is 39.2 Å². The molecule has 9 nitrogen and oxygen atoms in total. The summed E-state index contributed by atoms with van der Waals surface area (Å²) in [5.74, 6) is -0.834. The Morgan fingerprint density at radius 3 is 2.36 bits per heavy atom. The number of ether oxygens (including phenoxy) is 1. The van der Waals surface area contributed by atoms with Crippen LogP contribution in [0.25, 0.3) is 0 Å². The lowest BCUT2D eigenvalue weighted by molar-refractivity contribution is -0.154. The first-order valence-electron chi connectivity index (χ1n) is 11.4. The largest absolute Gasteiger partial charge is 0.454 e. The van der Waals surface area contributed by atoms with E-state index in [1.165, 1.54) is 16.4 Å². The van der Waals surface area contributed by atoms with Crippen LogP contribution >= 0.6 is 11.6 Å². The minimum Gasteiger partial charge on any atom is -0.454 e. The average Bonchev–Trinajstić information content (AvgIpc) is 3.36. The third-order valence-electron chi connectivity index (χ3n) is 6.03. The number of nitrogens with zero attached hydrogens (tertiary/aromatic N) is 4. The van der Waals surface area contributed by atoms with Crippen LogP contribution in [0.4, 0.5) is 35.1 Å². The maximum Gasteiger partial charge on any atom is 0.422 e. The minimum absolute atomic E-state index is 0.0463. The molecule has 2 aromatic rings. The number of halogens is 5. The second kappa shape index (κ2) is 10.9. The molecular weight excluding hydrogens is 528 g/mol. The SMILES string of the molecule is O=S(=O)(C1CCCC1)N1CCC(Nc2nc(Nc3ccc(F)c(Cl)c3)nc(OCC(F)(F)F)n2)CC1. The van der Waals surface area contributed by atoms with Crippen molar-refractivity contribution in [3.05, 3.63) is 29.0 Å². The van der Waals surface area contributed by atoms with Gasteiger partial charge in [0.05, 0.1) is 10.3 Å². The number of hydrogen-bond donors (Lipinski definition) is 2. The lowest BCUT2D eigenvalue weighted by Gasteiger charge is -2.33. The van der Waals surface area contributed by atoms with Gasteiger partial charge in [-0.2, -0.15) is 28.1 Å². The Hall–Kier alpha value is -2.45. The molecule has 15 heteroatoms. The van der Waals surface area contributed by atoms with Crippen LogP contribution in [-0.2, 0) is 10.0 Å². The first kappa shape index (κ1) is 26.6. The maximum atomic E-state index is 13.4. The van der Waals surface area contributed by atoms with E-state index in [1.54, 1.807) is 0 Å². The second-order valence-corrected chi connectivity index (χ2v) is 11.3. The third-order valence-corrected chi connectivity index (χ3v) is 8.71. The van der Waals surface area contributed by atoms with E-state index in [1.807, 2.05) is 0 Å². The summed E-state index contributed by atoms with van der Waals surface area (Å²) >= 11 is 5.78. The number of sulfonamides is 1. The highest BCUT2D eigenvalue weighted by molar-refractivity contribution is 7.89. The molecule has 0 radical (unpaired) electrons. The van der Waals surface area contributed by atoms with E-state index in [-0.39, 0.29) is 28.2 Å². The number of nitrogens with one attached hydrogen (secondary N) is 2. The quantitative estimate of drug-likeness (QED) is 0.461. The van der Waals surface area contributed by atoms with Crippen molar-refractivity contribution in [3.63, 3.8) is 0 Å². The Labute approximate surface area is 210 Å². The van der Waals surface area contributed by atoms with Crippen molar-refractivity contribution in [2.24, 2.45) is 0 Å². The zero-order valence-corrected chi connectivity index (χ0v) is 20.6. The first-order chi connectivity index (χ1) is 17.0. The number of benzene rings is 1. The third kappa shape index (κ3) is 6.85. The molecule has 198 valence electrons. The van der Waals surface area contributed by atoms with Crippen LogP contribution < -0.4 is 15.4 Å². The van der Waals surface area contributed by atoms with E-state index >= 15 is 0 Å². The summed E-state index contributed by atoms with van der Waals surface area (Å²) < 4.78 is 83.3. The van der Waals surface area contributed by atoms with Gasteiger partial charge in [0.15, 0.2) is 6.61 Å². The molecule has 1 aliphatic carbocycles. The molecule has 1 saturated carbocycles. The summed E-state index contributed by atoms with van der Waals surface area (Å²) in [6, 6.07) is 2.95. The predicted octanol–water partition coefficient (Wildman–Crippen LogP) is 4.50. The summed E-state index contributed by atoms with van der Waals surface area (Å²) in [4.78, 5) is 11.9. The van der Waals surface area contributed by atoms with Gasteiger partial charge in [-0.15, -0.1) is 0 Å². The van der Waals surface area contributed by atoms with Crippen molar-refractivity contribution in [3.8, 4) is 6.01 Å². The highest BCUT2D eigenvalue weighted by Crippen LogP contribution is 2.29. The van der Waals surface area contributed by atoms with Gasteiger partial charge in [0, 0.05) is 24.8 Å². The van der Waals surface area contributed by atoms with E-state index < -0.39 is 34.6 Å². The van der Waals surface area contributed by atoms with Crippen LogP contribution in [0.1, 0.15) is 38.5 Å². The Bertz CT molecular complexity index is 1170. The maximum absolute atomic E-state index is 13.4. The number of hydrogen-bond acceptors (Lipinski definition) is 8. The Morgan fingerprint density at radius 1 is 1.06 bits per heavy atom. The molecule has 1 aromatic carbocycles. The van der Waals surface area contributed by atoms with Gasteiger partial charge >= 0.3 is 12.2 Å². The lowest BCUT2D eigenvalue weighted by atomic mass is 10.1. The topological polar surface area (TPSA) is 109 Å². The number of rotatable bonds is 8. The Morgan fingerprint density at radius 2 is 1.72 bits per heavy atom. The van der Waals surface area contributed by atoms with Crippen molar-refractivity contribution in [1.82, 2.24) is 19.3 Å². The standard InChI is InChI=1S/C21H25ClF4N6O3S/c22-16-11-14(5-6-17(16)23)28-19-29-18(30-20(31-19)35-12-21(24,25)26)27-13-7-9-32(10-8-13)36(33,34)15-3-1-2-4-15/h5-6,11,13,15H,1-4,7-10,12H2,(H2,27,28,29,30,31). The summed E-state index contributed by atoms with van der Waals surface area (Å²) in [6.45, 7) is -0.966. The summed E-state index contributed by atoms with van der Waals surface area (Å²) in [5, 5.41) is 5.29. The molecular formula is C21H25ClF4N6O3S. The molecule has 0 unspecified atom stereocenters. The van der Waals surface area contributed by atoms with E-state index in [9.17, 15) is 26.0 Å². The number of anilines is 3. The highest BCUT2D eigenvalue weighted by atomic mass is 35.5. The summed E-state index contributed by atoms with van der Waals surface area (Å²) in [5.41, 5.74) is 0.297. The lowest BCUT2D eigenvalue weighted by Crippen LogP contribution is -2.45. The van der Waals surface area contributed by atoms with Gasteiger partial charge in [0.25, 0.3) is 0 Å². The fraction of sp³-hybridized carbons (Fsp3) is 0.571. The summed E-state index contributed by atoms with van der Waals surface area (Å²) in [6.07, 6.45) is -0.474. The molecule has 2 N–H and O–H groups in total. The van der Waals surface area contributed by atoms with Crippen LogP contribution in [0.5, 0.6) is 6.01 Å². The molecule has 2 aliphatic rings. The fourth-order valence-electron chi connectivity index (χ4n) is 4.23. The zero-order valence-electron chi connectivity index (χ0n) is 19.1. The highest BCUT2D eigenvalue weighted by Gasteiger charge is 2.36. The normalized spacial score (nSPS) is 18.4. The zero-order chi connectivity index (χ0) is 25.9. The monoisotopic (exact) mass is 552 g/mol. The molecule has 1 aromatic heterocycles. The molecule has 0 spiro atoms. The predicted molar refractivity (Wildman–Crippen MR) is 125 cm³/mol. The molecule has 2 fully saturated rings. The number of alkyl halides is 3. The van der Waals surface area contributed by atoms with Crippen molar-refractivity contribution in [2.45, 2.75) is 56.0 Å². The van der Waals surface area contributed by atoms with Crippen LogP contribution in [0, 0.1) is 5.82 Å². The molecule has 1 saturated heterocycles. The Balaban J connectivity index is 1.46. The van der Waals surface area contributed by atoms with Crippen LogP contribution in [-0.4, -0.2) is 64.8 Å². The molecule has 0 amide bonds. The molecule has 0 atom stereocenters. The number of aromatic nitrogens is 3. The van der Waals surface area contributed by atoms with Crippen LogP contribution in [0.3, 0.4) is 0 Å². The molecule has 0 bridgehead atoms. The van der Waals surface area contributed by atoms with Gasteiger partial charge in [-0.05, 0) is 43.9 Å². The molecule has 4 rings (SSSR count). The van der Waals surface area contributed by atoms with E-state index in [4.69, 9.17) is 16.3 Å². The van der Waals surface area contributed by atoms with Gasteiger partial charge < -0.3 is 15.4 Å². The smallest absolute Gasteiger partial charge is 0.422 e. The number of piperidine rings is 1. The minimum atomic E-state index is -4.60.